The highest BCUT2D eigenvalue weighted by molar-refractivity contribution is 6.12. The maximum absolute atomic E-state index is 13.3. The van der Waals surface area contributed by atoms with Crippen LogP contribution in [0.4, 0.5) is 9.18 Å². The predicted molar refractivity (Wildman–Crippen MR) is 97.8 cm³/mol. The van der Waals surface area contributed by atoms with Gasteiger partial charge in [-0.2, -0.15) is 0 Å². The Morgan fingerprint density at radius 1 is 1.18 bits per heavy atom. The van der Waals surface area contributed by atoms with E-state index in [1.54, 1.807) is 13.8 Å². The number of carbonyl (C=O) groups excluding carboxylic acids is 3. The highest BCUT2D eigenvalue weighted by Crippen LogP contribution is 2.37. The second kappa shape index (κ2) is 7.51. The molecule has 144 valence electrons. The van der Waals surface area contributed by atoms with Crippen molar-refractivity contribution in [3.8, 4) is 17.1 Å². The number of furan rings is 1. The molecule has 0 unspecified atom stereocenters. The second-order valence-corrected chi connectivity index (χ2v) is 6.19. The highest BCUT2D eigenvalue weighted by atomic mass is 19.1. The van der Waals surface area contributed by atoms with E-state index in [4.69, 9.17) is 14.9 Å². The van der Waals surface area contributed by atoms with Crippen molar-refractivity contribution in [3.05, 3.63) is 53.3 Å². The molecule has 0 radical (unpaired) electrons. The van der Waals surface area contributed by atoms with Gasteiger partial charge < -0.3 is 19.6 Å². The molecule has 1 amide bonds. The van der Waals surface area contributed by atoms with Gasteiger partial charge in [-0.05, 0) is 50.2 Å². The fourth-order valence-corrected chi connectivity index (χ4v) is 2.74. The molecular formula is C20H16FNO6. The van der Waals surface area contributed by atoms with Crippen molar-refractivity contribution in [2.45, 2.75) is 20.0 Å². The van der Waals surface area contributed by atoms with Crippen molar-refractivity contribution in [3.63, 3.8) is 0 Å². The van der Waals surface area contributed by atoms with Crippen molar-refractivity contribution in [1.82, 2.24) is 0 Å². The van der Waals surface area contributed by atoms with Crippen LogP contribution < -0.4 is 10.5 Å². The molecule has 2 aromatic carbocycles. The minimum absolute atomic E-state index is 0.0415. The minimum atomic E-state index is -1.28. The van der Waals surface area contributed by atoms with Crippen LogP contribution in [0.25, 0.3) is 22.3 Å². The van der Waals surface area contributed by atoms with Gasteiger partial charge in [-0.15, -0.1) is 0 Å². The molecule has 0 atom stereocenters. The van der Waals surface area contributed by atoms with Gasteiger partial charge >= 0.3 is 12.1 Å². The number of benzene rings is 2. The van der Waals surface area contributed by atoms with Gasteiger partial charge in [-0.1, -0.05) is 0 Å². The van der Waals surface area contributed by atoms with Gasteiger partial charge in [-0.3, -0.25) is 4.79 Å². The Morgan fingerprint density at radius 2 is 1.86 bits per heavy atom. The average molecular weight is 385 g/mol. The Kier molecular flexibility index (Phi) is 5.12. The van der Waals surface area contributed by atoms with E-state index in [0.717, 1.165) is 0 Å². The topological polar surface area (TPSA) is 109 Å². The lowest BCUT2D eigenvalue weighted by Gasteiger charge is -2.11. The van der Waals surface area contributed by atoms with Crippen LogP contribution in [-0.4, -0.2) is 24.5 Å². The zero-order valence-corrected chi connectivity index (χ0v) is 15.0. The molecule has 7 nitrogen and oxygen atoms in total. The average Bonchev–Trinajstić information content (AvgIpc) is 2.98. The number of ether oxygens (including phenoxy) is 2. The van der Waals surface area contributed by atoms with Gasteiger partial charge in [0.1, 0.15) is 28.5 Å². The zero-order chi connectivity index (χ0) is 20.4. The Labute approximate surface area is 158 Å². The van der Waals surface area contributed by atoms with Gasteiger partial charge in [0.2, 0.25) is 0 Å². The molecule has 1 aromatic heterocycles. The van der Waals surface area contributed by atoms with Crippen molar-refractivity contribution in [1.29, 1.82) is 0 Å². The maximum Gasteiger partial charge on any atom is 0.412 e. The summed E-state index contributed by atoms with van der Waals surface area (Å²) in [6.07, 6.45) is -0.924. The van der Waals surface area contributed by atoms with Crippen LogP contribution in [0.3, 0.4) is 0 Å². The summed E-state index contributed by atoms with van der Waals surface area (Å²) in [5.74, 6) is -1.24. The number of nitrogens with two attached hydrogens (primary N) is 1. The van der Waals surface area contributed by atoms with Gasteiger partial charge in [0.15, 0.2) is 6.29 Å². The molecular weight excluding hydrogens is 369 g/mol. The maximum atomic E-state index is 13.3. The molecule has 28 heavy (non-hydrogen) atoms. The molecule has 0 aliphatic heterocycles. The second-order valence-electron chi connectivity index (χ2n) is 6.19. The smallest absolute Gasteiger partial charge is 0.412 e. The number of fused-ring (bicyclic) bond motifs is 1. The first kappa shape index (κ1) is 19.1. The van der Waals surface area contributed by atoms with Gasteiger partial charge in [0.05, 0.1) is 11.7 Å². The molecule has 0 aliphatic carbocycles. The summed E-state index contributed by atoms with van der Waals surface area (Å²) < 4.78 is 29.2. The van der Waals surface area contributed by atoms with Crippen LogP contribution in [0.5, 0.6) is 5.75 Å². The van der Waals surface area contributed by atoms with E-state index >= 15 is 0 Å². The first-order valence-corrected chi connectivity index (χ1v) is 8.30. The van der Waals surface area contributed by atoms with Crippen LogP contribution in [0, 0.1) is 5.82 Å². The molecule has 0 saturated heterocycles. The Hall–Kier alpha value is -3.68. The number of halogens is 1. The molecule has 0 bridgehead atoms. The lowest BCUT2D eigenvalue weighted by molar-refractivity contribution is 0.0640. The summed E-state index contributed by atoms with van der Waals surface area (Å²) in [6.45, 7) is 3.56. The number of amides is 1. The lowest BCUT2D eigenvalue weighted by Crippen LogP contribution is -2.18. The lowest BCUT2D eigenvalue weighted by atomic mass is 10.0. The van der Waals surface area contributed by atoms with E-state index in [2.05, 4.69) is 4.74 Å². The molecule has 3 rings (SSSR count). The van der Waals surface area contributed by atoms with Gasteiger partial charge in [0, 0.05) is 10.9 Å². The summed E-state index contributed by atoms with van der Waals surface area (Å²) in [6, 6.07) is 8.05. The molecule has 0 saturated carbocycles. The van der Waals surface area contributed by atoms with E-state index in [9.17, 15) is 18.8 Å². The summed E-state index contributed by atoms with van der Waals surface area (Å²) in [5.41, 5.74) is 5.64. The highest BCUT2D eigenvalue weighted by Gasteiger charge is 2.26. The fourth-order valence-electron chi connectivity index (χ4n) is 2.74. The number of hydrogen-bond acceptors (Lipinski definition) is 6. The fraction of sp³-hybridized carbons (Fsp3) is 0.150. The van der Waals surface area contributed by atoms with Crippen molar-refractivity contribution >= 4 is 29.3 Å². The Balaban J connectivity index is 2.29. The largest absolute Gasteiger partial charge is 0.490 e. The summed E-state index contributed by atoms with van der Waals surface area (Å²) in [4.78, 5) is 35.0. The first-order chi connectivity index (χ1) is 13.3. The number of rotatable bonds is 5. The summed E-state index contributed by atoms with van der Waals surface area (Å²) >= 11 is 0. The van der Waals surface area contributed by atoms with Crippen LogP contribution in [0.15, 0.2) is 40.8 Å². The molecule has 3 aromatic rings. The Bertz CT molecular complexity index is 1070. The number of carbonyl (C=O) groups is 3. The van der Waals surface area contributed by atoms with E-state index in [0.29, 0.717) is 11.8 Å². The van der Waals surface area contributed by atoms with E-state index in [-0.39, 0.29) is 39.7 Å². The number of esters is 1. The predicted octanol–water partition coefficient (Wildman–Crippen LogP) is 4.07. The molecule has 2 N–H and O–H groups in total. The van der Waals surface area contributed by atoms with Gasteiger partial charge in [-0.25, -0.2) is 14.0 Å². The standard InChI is InChI=1S/C20H16FNO6/c1-10(2)26-15-8-14-16(7-12(15)9-23)27-18(11-3-5-13(21)6-4-11)17(14)19(24)28-20(22)25/h3-10H,1-2H3,(H2,22,25). The van der Waals surface area contributed by atoms with Crippen LogP contribution >= 0.6 is 0 Å². The van der Waals surface area contributed by atoms with Crippen molar-refractivity contribution < 1.29 is 32.7 Å². The summed E-state index contributed by atoms with van der Waals surface area (Å²) in [5, 5.41) is 0.256. The molecule has 0 spiro atoms. The van der Waals surface area contributed by atoms with Crippen LogP contribution in [0.2, 0.25) is 0 Å². The van der Waals surface area contributed by atoms with Gasteiger partial charge in [0.25, 0.3) is 0 Å². The normalized spacial score (nSPS) is 10.9. The van der Waals surface area contributed by atoms with Crippen molar-refractivity contribution in [2.24, 2.45) is 5.73 Å². The third-order valence-electron chi connectivity index (χ3n) is 3.81. The number of hydrogen-bond donors (Lipinski definition) is 1. The number of primary amides is 1. The SMILES string of the molecule is CC(C)Oc1cc2c(C(=O)OC(N)=O)c(-c3ccc(F)cc3)oc2cc1C=O. The van der Waals surface area contributed by atoms with E-state index in [1.807, 2.05) is 0 Å². The quantitative estimate of drug-likeness (QED) is 0.403. The molecule has 0 aliphatic rings. The monoisotopic (exact) mass is 385 g/mol. The molecule has 0 fully saturated rings. The zero-order valence-electron chi connectivity index (χ0n) is 15.0. The van der Waals surface area contributed by atoms with Crippen molar-refractivity contribution in [2.75, 3.05) is 0 Å². The first-order valence-electron chi connectivity index (χ1n) is 8.30. The summed E-state index contributed by atoms with van der Waals surface area (Å²) in [7, 11) is 0. The van der Waals surface area contributed by atoms with Crippen LogP contribution in [-0.2, 0) is 4.74 Å². The number of aldehydes is 1. The molecule has 8 heteroatoms. The third-order valence-corrected chi connectivity index (χ3v) is 3.81. The van der Waals surface area contributed by atoms with E-state index in [1.165, 1.54) is 36.4 Å². The third kappa shape index (κ3) is 3.71. The minimum Gasteiger partial charge on any atom is -0.490 e. The molecule has 1 heterocycles. The van der Waals surface area contributed by atoms with E-state index < -0.39 is 17.9 Å². The van der Waals surface area contributed by atoms with Crippen LogP contribution in [0.1, 0.15) is 34.6 Å². The Morgan fingerprint density at radius 3 is 2.43 bits per heavy atom.